The molecule has 0 fully saturated rings. The van der Waals surface area contributed by atoms with Crippen LogP contribution < -0.4 is 4.74 Å². The molecule has 1 aromatic heterocycles. The summed E-state index contributed by atoms with van der Waals surface area (Å²) in [5.41, 5.74) is 1.52. The number of rotatable bonds is 5. The number of halogens is 1. The molecular formula is C12H13BrN4O3. The van der Waals surface area contributed by atoms with E-state index in [0.29, 0.717) is 6.54 Å². The van der Waals surface area contributed by atoms with E-state index in [1.807, 2.05) is 6.92 Å². The first kappa shape index (κ1) is 14.4. The molecule has 20 heavy (non-hydrogen) atoms. The molecule has 0 aliphatic rings. The van der Waals surface area contributed by atoms with Crippen molar-refractivity contribution in [2.24, 2.45) is 0 Å². The Morgan fingerprint density at radius 3 is 2.85 bits per heavy atom. The lowest BCUT2D eigenvalue weighted by molar-refractivity contribution is -0.385. The fraction of sp³-hybridized carbons (Fsp3) is 0.333. The number of nitro groups is 1. The monoisotopic (exact) mass is 340 g/mol. The molecule has 2 rings (SSSR count). The van der Waals surface area contributed by atoms with Crippen molar-refractivity contribution in [1.29, 1.82) is 0 Å². The minimum atomic E-state index is -0.463. The predicted octanol–water partition coefficient (Wildman–Crippen LogP) is 2.70. The van der Waals surface area contributed by atoms with Gasteiger partial charge in [0.25, 0.3) is 0 Å². The molecule has 0 radical (unpaired) electrons. The molecule has 0 amide bonds. The quantitative estimate of drug-likeness (QED) is 0.474. The summed E-state index contributed by atoms with van der Waals surface area (Å²) in [5, 5.41) is 19.0. The van der Waals surface area contributed by atoms with E-state index in [2.05, 4.69) is 26.2 Å². The fourth-order valence-corrected chi connectivity index (χ4v) is 1.95. The SMILES string of the molecule is COc1ccc(Cn2cc(C(C)Br)nn2)cc1[N+](=O)[O-]. The lowest BCUT2D eigenvalue weighted by Crippen LogP contribution is -2.02. The summed E-state index contributed by atoms with van der Waals surface area (Å²) in [5.74, 6) is 0.243. The predicted molar refractivity (Wildman–Crippen MR) is 76.1 cm³/mol. The van der Waals surface area contributed by atoms with Gasteiger partial charge in [0.15, 0.2) is 5.75 Å². The van der Waals surface area contributed by atoms with E-state index < -0.39 is 4.92 Å². The molecule has 1 aromatic carbocycles. The van der Waals surface area contributed by atoms with Gasteiger partial charge in [0.05, 0.1) is 29.1 Å². The smallest absolute Gasteiger partial charge is 0.311 e. The third-order valence-corrected chi connectivity index (χ3v) is 3.22. The van der Waals surface area contributed by atoms with Crippen LogP contribution in [0.2, 0.25) is 0 Å². The number of alkyl halides is 1. The Morgan fingerprint density at radius 1 is 1.55 bits per heavy atom. The minimum absolute atomic E-state index is 0.0563. The van der Waals surface area contributed by atoms with E-state index in [1.54, 1.807) is 23.0 Å². The highest BCUT2D eigenvalue weighted by Crippen LogP contribution is 2.27. The molecule has 0 bridgehead atoms. The second-order valence-electron chi connectivity index (χ2n) is 4.22. The normalized spacial score (nSPS) is 12.2. The zero-order valence-electron chi connectivity index (χ0n) is 11.0. The number of aromatic nitrogens is 3. The van der Waals surface area contributed by atoms with Crippen LogP contribution in [0.4, 0.5) is 5.69 Å². The maximum atomic E-state index is 11.0. The van der Waals surface area contributed by atoms with Gasteiger partial charge in [-0.15, -0.1) is 5.10 Å². The zero-order valence-corrected chi connectivity index (χ0v) is 12.6. The van der Waals surface area contributed by atoms with Crippen molar-refractivity contribution in [3.8, 4) is 5.75 Å². The van der Waals surface area contributed by atoms with Crippen molar-refractivity contribution in [2.45, 2.75) is 18.3 Å². The maximum absolute atomic E-state index is 11.0. The van der Waals surface area contributed by atoms with Gasteiger partial charge in [0.2, 0.25) is 0 Å². The Kier molecular flexibility index (Phi) is 4.33. The first-order valence-electron chi connectivity index (χ1n) is 5.86. The molecule has 0 spiro atoms. The lowest BCUT2D eigenvalue weighted by atomic mass is 10.2. The number of hydrogen-bond donors (Lipinski definition) is 0. The highest BCUT2D eigenvalue weighted by atomic mass is 79.9. The van der Waals surface area contributed by atoms with Crippen LogP contribution in [0, 0.1) is 10.1 Å². The van der Waals surface area contributed by atoms with E-state index in [4.69, 9.17) is 4.74 Å². The molecule has 8 heteroatoms. The van der Waals surface area contributed by atoms with Crippen LogP contribution in [-0.4, -0.2) is 27.0 Å². The van der Waals surface area contributed by atoms with Crippen molar-refractivity contribution in [3.63, 3.8) is 0 Å². The first-order valence-corrected chi connectivity index (χ1v) is 6.78. The van der Waals surface area contributed by atoms with Crippen LogP contribution >= 0.6 is 15.9 Å². The Balaban J connectivity index is 2.24. The number of nitro benzene ring substituents is 1. The van der Waals surface area contributed by atoms with Crippen LogP contribution in [0.1, 0.15) is 23.0 Å². The highest BCUT2D eigenvalue weighted by Gasteiger charge is 2.15. The van der Waals surface area contributed by atoms with Gasteiger partial charge < -0.3 is 4.74 Å². The number of hydrogen-bond acceptors (Lipinski definition) is 5. The van der Waals surface area contributed by atoms with E-state index in [9.17, 15) is 10.1 Å². The molecule has 1 unspecified atom stereocenters. The molecule has 1 heterocycles. The van der Waals surface area contributed by atoms with Gasteiger partial charge in [0.1, 0.15) is 0 Å². The number of ether oxygens (including phenoxy) is 1. The Morgan fingerprint density at radius 2 is 2.30 bits per heavy atom. The van der Waals surface area contributed by atoms with Gasteiger partial charge in [-0.25, -0.2) is 4.68 Å². The van der Waals surface area contributed by atoms with E-state index in [-0.39, 0.29) is 16.3 Å². The summed E-state index contributed by atoms with van der Waals surface area (Å²) in [6.45, 7) is 2.37. The summed E-state index contributed by atoms with van der Waals surface area (Å²) in [7, 11) is 1.41. The van der Waals surface area contributed by atoms with Crippen LogP contribution in [0.5, 0.6) is 5.75 Å². The van der Waals surface area contributed by atoms with Gasteiger partial charge in [-0.3, -0.25) is 10.1 Å². The van der Waals surface area contributed by atoms with Crippen LogP contribution in [0.15, 0.2) is 24.4 Å². The lowest BCUT2D eigenvalue weighted by Gasteiger charge is -2.05. The molecule has 106 valence electrons. The van der Waals surface area contributed by atoms with E-state index in [1.165, 1.54) is 13.2 Å². The van der Waals surface area contributed by atoms with E-state index >= 15 is 0 Å². The minimum Gasteiger partial charge on any atom is -0.490 e. The second-order valence-corrected chi connectivity index (χ2v) is 5.59. The van der Waals surface area contributed by atoms with Crippen molar-refractivity contribution < 1.29 is 9.66 Å². The average Bonchev–Trinajstić information content (AvgIpc) is 2.87. The summed E-state index contributed by atoms with van der Waals surface area (Å²) in [6.07, 6.45) is 1.80. The number of methoxy groups -OCH3 is 1. The topological polar surface area (TPSA) is 83.1 Å². The van der Waals surface area contributed by atoms with Crippen molar-refractivity contribution in [3.05, 3.63) is 45.8 Å². The molecule has 0 saturated carbocycles. The molecular weight excluding hydrogens is 328 g/mol. The molecule has 0 N–H and O–H groups in total. The number of benzene rings is 1. The molecule has 2 aromatic rings. The highest BCUT2D eigenvalue weighted by molar-refractivity contribution is 9.09. The summed E-state index contributed by atoms with van der Waals surface area (Å²) in [4.78, 5) is 10.6. The van der Waals surface area contributed by atoms with Gasteiger partial charge in [-0.2, -0.15) is 0 Å². The van der Waals surface area contributed by atoms with Gasteiger partial charge in [0, 0.05) is 12.3 Å². The van der Waals surface area contributed by atoms with Crippen LogP contribution in [0.3, 0.4) is 0 Å². The molecule has 0 aliphatic carbocycles. The summed E-state index contributed by atoms with van der Waals surface area (Å²) >= 11 is 3.41. The summed E-state index contributed by atoms with van der Waals surface area (Å²) < 4.78 is 6.60. The number of nitrogens with zero attached hydrogens (tertiary/aromatic N) is 4. The molecule has 7 nitrogen and oxygen atoms in total. The first-order chi connectivity index (χ1) is 9.51. The van der Waals surface area contributed by atoms with Gasteiger partial charge in [-0.05, 0) is 18.6 Å². The summed E-state index contributed by atoms with van der Waals surface area (Å²) in [6, 6.07) is 4.83. The Hall–Kier alpha value is -1.96. The van der Waals surface area contributed by atoms with Crippen molar-refractivity contribution in [1.82, 2.24) is 15.0 Å². The van der Waals surface area contributed by atoms with Crippen LogP contribution in [0.25, 0.3) is 0 Å². The molecule has 0 saturated heterocycles. The fourth-order valence-electron chi connectivity index (χ4n) is 1.74. The Labute approximate surface area is 123 Å². The van der Waals surface area contributed by atoms with Crippen LogP contribution in [-0.2, 0) is 6.54 Å². The standard InChI is InChI=1S/C12H13BrN4O3/c1-8(13)10-7-16(15-14-10)6-9-3-4-12(20-2)11(5-9)17(18)19/h3-5,7-8H,6H2,1-2H3. The van der Waals surface area contributed by atoms with E-state index in [0.717, 1.165) is 11.3 Å². The Bertz CT molecular complexity index is 627. The van der Waals surface area contributed by atoms with Crippen molar-refractivity contribution >= 4 is 21.6 Å². The van der Waals surface area contributed by atoms with Gasteiger partial charge in [-0.1, -0.05) is 27.2 Å². The third kappa shape index (κ3) is 3.13. The third-order valence-electron chi connectivity index (χ3n) is 2.75. The van der Waals surface area contributed by atoms with Gasteiger partial charge >= 0.3 is 5.69 Å². The molecule has 0 aliphatic heterocycles. The van der Waals surface area contributed by atoms with Crippen molar-refractivity contribution in [2.75, 3.05) is 7.11 Å². The largest absolute Gasteiger partial charge is 0.490 e. The maximum Gasteiger partial charge on any atom is 0.311 e. The zero-order chi connectivity index (χ0) is 14.7. The second kappa shape index (κ2) is 6.00. The molecule has 1 atom stereocenters. The average molecular weight is 341 g/mol.